The van der Waals surface area contributed by atoms with Gasteiger partial charge in [-0.05, 0) is 25.0 Å². The highest BCUT2D eigenvalue weighted by Crippen LogP contribution is 2.28. The fourth-order valence-corrected chi connectivity index (χ4v) is 3.63. The lowest BCUT2D eigenvalue weighted by atomic mass is 10.1. The van der Waals surface area contributed by atoms with Crippen molar-refractivity contribution in [1.82, 2.24) is 14.6 Å². The summed E-state index contributed by atoms with van der Waals surface area (Å²) in [6.07, 6.45) is 4.38. The Bertz CT molecular complexity index is 743. The van der Waals surface area contributed by atoms with Crippen LogP contribution >= 0.6 is 27.3 Å². The molecule has 3 nitrogen and oxygen atoms in total. The van der Waals surface area contributed by atoms with Gasteiger partial charge in [0, 0.05) is 16.5 Å². The number of imidazole rings is 1. The summed E-state index contributed by atoms with van der Waals surface area (Å²) in [5.74, 6) is 0. The van der Waals surface area contributed by atoms with Crippen molar-refractivity contribution < 1.29 is 0 Å². The minimum absolute atomic E-state index is 0.934. The van der Waals surface area contributed by atoms with Crippen molar-refractivity contribution in [3.63, 3.8) is 0 Å². The molecule has 0 amide bonds. The zero-order chi connectivity index (χ0) is 14.8. The van der Waals surface area contributed by atoms with Gasteiger partial charge in [0.15, 0.2) is 0 Å². The SMILES string of the molecule is CCCCc1nn2c(CC)c(-c3ccc(Br)cc3)nc2s1. The first-order valence-electron chi connectivity index (χ1n) is 7.36. The molecule has 2 aromatic heterocycles. The molecule has 21 heavy (non-hydrogen) atoms. The van der Waals surface area contributed by atoms with E-state index in [1.807, 2.05) is 4.52 Å². The number of aryl methyl sites for hydroxylation is 2. The molecular formula is C16H18BrN3S. The summed E-state index contributed by atoms with van der Waals surface area (Å²) in [7, 11) is 0. The third-order valence-electron chi connectivity index (χ3n) is 3.54. The molecule has 0 N–H and O–H groups in total. The van der Waals surface area contributed by atoms with Gasteiger partial charge in [-0.2, -0.15) is 5.10 Å². The Hall–Kier alpha value is -1.20. The van der Waals surface area contributed by atoms with E-state index in [1.165, 1.54) is 23.5 Å². The second-order valence-electron chi connectivity index (χ2n) is 5.06. The van der Waals surface area contributed by atoms with Gasteiger partial charge in [0.2, 0.25) is 4.96 Å². The second kappa shape index (κ2) is 6.28. The first-order chi connectivity index (χ1) is 10.2. The summed E-state index contributed by atoms with van der Waals surface area (Å²) in [5.41, 5.74) is 3.42. The third kappa shape index (κ3) is 2.90. The standard InChI is InChI=1S/C16H18BrN3S/c1-3-5-6-14-19-20-13(4-2)15(18-16(20)21-14)11-7-9-12(17)10-8-11/h7-10H,3-6H2,1-2H3. The van der Waals surface area contributed by atoms with Crippen LogP contribution in [0.1, 0.15) is 37.4 Å². The molecule has 0 aliphatic rings. The second-order valence-corrected chi connectivity index (χ2v) is 7.02. The molecule has 0 saturated heterocycles. The molecule has 2 heterocycles. The van der Waals surface area contributed by atoms with Crippen molar-refractivity contribution >= 4 is 32.2 Å². The topological polar surface area (TPSA) is 30.2 Å². The summed E-state index contributed by atoms with van der Waals surface area (Å²) in [6, 6.07) is 8.33. The number of unbranched alkanes of at least 4 members (excludes halogenated alkanes) is 1. The van der Waals surface area contributed by atoms with Gasteiger partial charge in [-0.3, -0.25) is 0 Å². The Labute approximate surface area is 137 Å². The van der Waals surface area contributed by atoms with Crippen LogP contribution < -0.4 is 0 Å². The Morgan fingerprint density at radius 3 is 2.62 bits per heavy atom. The van der Waals surface area contributed by atoms with E-state index >= 15 is 0 Å². The quantitative estimate of drug-likeness (QED) is 0.629. The summed E-state index contributed by atoms with van der Waals surface area (Å²) in [6.45, 7) is 4.37. The van der Waals surface area contributed by atoms with E-state index in [1.54, 1.807) is 11.3 Å². The normalized spacial score (nSPS) is 11.4. The molecule has 0 saturated carbocycles. The predicted molar refractivity (Wildman–Crippen MR) is 92.0 cm³/mol. The lowest BCUT2D eigenvalue weighted by Gasteiger charge is -2.01. The van der Waals surface area contributed by atoms with Crippen LogP contribution in [0.4, 0.5) is 0 Å². The summed E-state index contributed by atoms with van der Waals surface area (Å²) >= 11 is 5.20. The Kier molecular flexibility index (Phi) is 4.40. The molecule has 3 rings (SSSR count). The number of nitrogens with zero attached hydrogens (tertiary/aromatic N) is 3. The van der Waals surface area contributed by atoms with Gasteiger partial charge in [0.25, 0.3) is 0 Å². The highest BCUT2D eigenvalue weighted by molar-refractivity contribution is 9.10. The van der Waals surface area contributed by atoms with Gasteiger partial charge in [0.1, 0.15) is 5.01 Å². The fraction of sp³-hybridized carbons (Fsp3) is 0.375. The van der Waals surface area contributed by atoms with Crippen molar-refractivity contribution in [3.8, 4) is 11.3 Å². The maximum Gasteiger partial charge on any atom is 0.212 e. The minimum Gasteiger partial charge on any atom is -0.217 e. The van der Waals surface area contributed by atoms with Crippen LogP contribution in [-0.4, -0.2) is 14.6 Å². The van der Waals surface area contributed by atoms with E-state index in [2.05, 4.69) is 54.0 Å². The van der Waals surface area contributed by atoms with Gasteiger partial charge < -0.3 is 0 Å². The van der Waals surface area contributed by atoms with Gasteiger partial charge in [-0.15, -0.1) is 0 Å². The molecule has 0 radical (unpaired) electrons. The zero-order valence-corrected chi connectivity index (χ0v) is 14.7. The largest absolute Gasteiger partial charge is 0.217 e. The smallest absolute Gasteiger partial charge is 0.212 e. The molecular weight excluding hydrogens is 346 g/mol. The first-order valence-corrected chi connectivity index (χ1v) is 8.97. The molecule has 3 aromatic rings. The van der Waals surface area contributed by atoms with E-state index in [4.69, 9.17) is 10.1 Å². The number of hydrogen-bond acceptors (Lipinski definition) is 3. The van der Waals surface area contributed by atoms with E-state index in [0.29, 0.717) is 0 Å². The fourth-order valence-electron chi connectivity index (χ4n) is 2.41. The van der Waals surface area contributed by atoms with E-state index in [-0.39, 0.29) is 0 Å². The number of aromatic nitrogens is 3. The van der Waals surface area contributed by atoms with Gasteiger partial charge in [-0.25, -0.2) is 9.50 Å². The summed E-state index contributed by atoms with van der Waals surface area (Å²) in [4.78, 5) is 5.83. The average molecular weight is 364 g/mol. The third-order valence-corrected chi connectivity index (χ3v) is 5.03. The monoisotopic (exact) mass is 363 g/mol. The molecule has 0 bridgehead atoms. The van der Waals surface area contributed by atoms with Crippen molar-refractivity contribution in [2.75, 3.05) is 0 Å². The zero-order valence-electron chi connectivity index (χ0n) is 12.3. The molecule has 1 aromatic carbocycles. The molecule has 5 heteroatoms. The maximum absolute atomic E-state index is 4.82. The Morgan fingerprint density at radius 2 is 1.95 bits per heavy atom. The predicted octanol–water partition coefficient (Wildman–Crippen LogP) is 5.13. The van der Waals surface area contributed by atoms with Crippen LogP contribution in [0, 0.1) is 0 Å². The van der Waals surface area contributed by atoms with E-state index in [9.17, 15) is 0 Å². The Morgan fingerprint density at radius 1 is 1.19 bits per heavy atom. The van der Waals surface area contributed by atoms with Crippen molar-refractivity contribution in [2.24, 2.45) is 0 Å². The highest BCUT2D eigenvalue weighted by atomic mass is 79.9. The van der Waals surface area contributed by atoms with E-state index in [0.717, 1.165) is 33.5 Å². The lowest BCUT2D eigenvalue weighted by molar-refractivity contribution is 0.761. The van der Waals surface area contributed by atoms with Crippen LogP contribution in [-0.2, 0) is 12.8 Å². The maximum atomic E-state index is 4.82. The summed E-state index contributed by atoms with van der Waals surface area (Å²) < 4.78 is 3.12. The van der Waals surface area contributed by atoms with Crippen LogP contribution in [0.25, 0.3) is 16.2 Å². The average Bonchev–Trinajstić information content (AvgIpc) is 3.02. The number of rotatable bonds is 5. The number of fused-ring (bicyclic) bond motifs is 1. The van der Waals surface area contributed by atoms with Gasteiger partial charge >= 0.3 is 0 Å². The number of benzene rings is 1. The van der Waals surface area contributed by atoms with Gasteiger partial charge in [-0.1, -0.05) is 59.7 Å². The molecule has 110 valence electrons. The summed E-state index contributed by atoms with van der Waals surface area (Å²) in [5, 5.41) is 5.94. The van der Waals surface area contributed by atoms with Crippen LogP contribution in [0.15, 0.2) is 28.7 Å². The van der Waals surface area contributed by atoms with E-state index < -0.39 is 0 Å². The van der Waals surface area contributed by atoms with Crippen LogP contribution in [0.2, 0.25) is 0 Å². The van der Waals surface area contributed by atoms with Crippen LogP contribution in [0.5, 0.6) is 0 Å². The Balaban J connectivity index is 2.03. The highest BCUT2D eigenvalue weighted by Gasteiger charge is 2.16. The molecule has 0 spiro atoms. The van der Waals surface area contributed by atoms with Gasteiger partial charge in [0.05, 0.1) is 11.4 Å². The van der Waals surface area contributed by atoms with Crippen LogP contribution in [0.3, 0.4) is 0 Å². The molecule has 0 unspecified atom stereocenters. The molecule has 0 aliphatic heterocycles. The molecule has 0 fully saturated rings. The lowest BCUT2D eigenvalue weighted by Crippen LogP contribution is -1.95. The molecule has 0 atom stereocenters. The van der Waals surface area contributed by atoms with Crippen molar-refractivity contribution in [3.05, 3.63) is 39.4 Å². The molecule has 0 aliphatic carbocycles. The van der Waals surface area contributed by atoms with Crippen molar-refractivity contribution in [1.29, 1.82) is 0 Å². The minimum atomic E-state index is 0.934. The number of hydrogen-bond donors (Lipinski definition) is 0. The number of halogens is 1. The first kappa shape index (κ1) is 14.7. The van der Waals surface area contributed by atoms with Crippen molar-refractivity contribution in [2.45, 2.75) is 39.5 Å².